The summed E-state index contributed by atoms with van der Waals surface area (Å²) < 4.78 is 5.14. The molecular formula is C14H18N2O2S. The van der Waals surface area contributed by atoms with Gasteiger partial charge in [0.25, 0.3) is 0 Å². The Balaban J connectivity index is 2.17. The minimum Gasteiger partial charge on any atom is -0.497 e. The van der Waals surface area contributed by atoms with Crippen molar-refractivity contribution < 1.29 is 9.53 Å². The third-order valence-electron chi connectivity index (χ3n) is 3.80. The largest absolute Gasteiger partial charge is 0.497 e. The molecule has 1 aromatic rings. The lowest BCUT2D eigenvalue weighted by atomic mass is 9.68. The SMILES string of the molecule is COc1ccc(NC(=O)C2(C(N)=S)CCC2)c(C)c1. The van der Waals surface area contributed by atoms with Crippen molar-refractivity contribution in [3.63, 3.8) is 0 Å². The van der Waals surface area contributed by atoms with E-state index in [4.69, 9.17) is 22.7 Å². The van der Waals surface area contributed by atoms with Gasteiger partial charge in [-0.2, -0.15) is 0 Å². The van der Waals surface area contributed by atoms with Crippen LogP contribution in [0.1, 0.15) is 24.8 Å². The van der Waals surface area contributed by atoms with Crippen LogP contribution in [0.2, 0.25) is 0 Å². The number of aryl methyl sites for hydroxylation is 1. The first-order chi connectivity index (χ1) is 8.99. The van der Waals surface area contributed by atoms with Crippen molar-refractivity contribution in [2.75, 3.05) is 12.4 Å². The Kier molecular flexibility index (Phi) is 3.75. The van der Waals surface area contributed by atoms with Gasteiger partial charge in [-0.1, -0.05) is 18.6 Å². The van der Waals surface area contributed by atoms with E-state index in [0.717, 1.165) is 36.3 Å². The monoisotopic (exact) mass is 278 g/mol. The molecule has 0 heterocycles. The summed E-state index contributed by atoms with van der Waals surface area (Å²) >= 11 is 5.04. The standard InChI is InChI=1S/C14H18N2O2S/c1-9-8-10(18-2)4-5-11(9)16-13(17)14(12(15)19)6-3-7-14/h4-5,8H,3,6-7H2,1-2H3,(H2,15,19)(H,16,17). The van der Waals surface area contributed by atoms with Gasteiger partial charge in [-0.25, -0.2) is 0 Å². The fraction of sp³-hybridized carbons (Fsp3) is 0.429. The number of nitrogens with one attached hydrogen (secondary N) is 1. The molecule has 102 valence electrons. The molecule has 1 fully saturated rings. The van der Waals surface area contributed by atoms with Crippen LogP contribution in [0.3, 0.4) is 0 Å². The summed E-state index contributed by atoms with van der Waals surface area (Å²) in [6.07, 6.45) is 2.47. The molecule has 1 aliphatic rings. The van der Waals surface area contributed by atoms with Gasteiger partial charge in [-0.15, -0.1) is 0 Å². The van der Waals surface area contributed by atoms with Crippen molar-refractivity contribution in [1.82, 2.24) is 0 Å². The van der Waals surface area contributed by atoms with E-state index in [9.17, 15) is 4.79 Å². The lowest BCUT2D eigenvalue weighted by Gasteiger charge is -2.39. The van der Waals surface area contributed by atoms with Gasteiger partial charge in [-0.05, 0) is 43.5 Å². The van der Waals surface area contributed by atoms with Crippen LogP contribution in [-0.4, -0.2) is 18.0 Å². The number of ether oxygens (including phenoxy) is 1. The van der Waals surface area contributed by atoms with Gasteiger partial charge in [0.2, 0.25) is 5.91 Å². The Morgan fingerprint density at radius 2 is 2.16 bits per heavy atom. The fourth-order valence-corrected chi connectivity index (χ4v) is 2.56. The Morgan fingerprint density at radius 3 is 2.58 bits per heavy atom. The first-order valence-electron chi connectivity index (χ1n) is 6.25. The van der Waals surface area contributed by atoms with Crippen LogP contribution in [-0.2, 0) is 4.79 Å². The molecule has 0 aromatic heterocycles. The molecule has 2 rings (SSSR count). The smallest absolute Gasteiger partial charge is 0.237 e. The number of thiocarbonyl (C=S) groups is 1. The summed E-state index contributed by atoms with van der Waals surface area (Å²) in [6.45, 7) is 1.92. The molecule has 0 atom stereocenters. The molecule has 0 saturated heterocycles. The van der Waals surface area contributed by atoms with Crippen molar-refractivity contribution >= 4 is 28.8 Å². The summed E-state index contributed by atoms with van der Waals surface area (Å²) in [5.41, 5.74) is 6.79. The summed E-state index contributed by atoms with van der Waals surface area (Å²) in [5, 5.41) is 2.92. The molecule has 1 amide bonds. The fourth-order valence-electron chi connectivity index (χ4n) is 2.26. The first kappa shape index (κ1) is 13.8. The second-order valence-electron chi connectivity index (χ2n) is 4.93. The summed E-state index contributed by atoms with van der Waals surface area (Å²) in [4.78, 5) is 12.6. The van der Waals surface area contributed by atoms with Crippen molar-refractivity contribution in [2.45, 2.75) is 26.2 Å². The van der Waals surface area contributed by atoms with E-state index >= 15 is 0 Å². The summed E-state index contributed by atoms with van der Waals surface area (Å²) in [7, 11) is 1.61. The van der Waals surface area contributed by atoms with Crippen LogP contribution in [0, 0.1) is 12.3 Å². The predicted molar refractivity (Wildman–Crippen MR) is 79.4 cm³/mol. The van der Waals surface area contributed by atoms with Gasteiger partial charge in [0.05, 0.1) is 17.5 Å². The summed E-state index contributed by atoms with van der Waals surface area (Å²) in [5.74, 6) is 0.669. The molecule has 19 heavy (non-hydrogen) atoms. The quantitative estimate of drug-likeness (QED) is 0.830. The number of hydrogen-bond acceptors (Lipinski definition) is 3. The number of carbonyl (C=O) groups is 1. The molecule has 0 unspecified atom stereocenters. The van der Waals surface area contributed by atoms with Crippen molar-refractivity contribution in [3.05, 3.63) is 23.8 Å². The van der Waals surface area contributed by atoms with Gasteiger partial charge < -0.3 is 15.8 Å². The van der Waals surface area contributed by atoms with Crippen LogP contribution in [0.5, 0.6) is 5.75 Å². The highest BCUT2D eigenvalue weighted by Crippen LogP contribution is 2.42. The Labute approximate surface area is 118 Å². The number of rotatable bonds is 4. The van der Waals surface area contributed by atoms with E-state index in [-0.39, 0.29) is 5.91 Å². The Bertz CT molecular complexity index is 524. The number of methoxy groups -OCH3 is 1. The predicted octanol–water partition coefficient (Wildman–Crippen LogP) is 2.40. The lowest BCUT2D eigenvalue weighted by molar-refractivity contribution is -0.125. The molecule has 4 nitrogen and oxygen atoms in total. The van der Waals surface area contributed by atoms with Crippen LogP contribution >= 0.6 is 12.2 Å². The van der Waals surface area contributed by atoms with E-state index in [0.29, 0.717) is 4.99 Å². The number of carbonyl (C=O) groups excluding carboxylic acids is 1. The first-order valence-corrected chi connectivity index (χ1v) is 6.66. The second-order valence-corrected chi connectivity index (χ2v) is 5.37. The number of amides is 1. The van der Waals surface area contributed by atoms with Crippen molar-refractivity contribution in [1.29, 1.82) is 0 Å². The molecular weight excluding hydrogens is 260 g/mol. The molecule has 0 bridgehead atoms. The van der Waals surface area contributed by atoms with Gasteiger partial charge in [-0.3, -0.25) is 4.79 Å². The average molecular weight is 278 g/mol. The second kappa shape index (κ2) is 5.17. The molecule has 1 aromatic carbocycles. The van der Waals surface area contributed by atoms with Crippen LogP contribution in [0.4, 0.5) is 5.69 Å². The highest BCUT2D eigenvalue weighted by molar-refractivity contribution is 7.80. The van der Waals surface area contributed by atoms with Gasteiger partial charge in [0, 0.05) is 5.69 Å². The molecule has 1 aliphatic carbocycles. The van der Waals surface area contributed by atoms with Crippen molar-refractivity contribution in [3.8, 4) is 5.75 Å². The summed E-state index contributed by atoms with van der Waals surface area (Å²) in [6, 6.07) is 5.53. The van der Waals surface area contributed by atoms with Gasteiger partial charge in [0.1, 0.15) is 5.75 Å². The average Bonchev–Trinajstić information content (AvgIpc) is 2.29. The Hall–Kier alpha value is -1.62. The number of benzene rings is 1. The lowest BCUT2D eigenvalue weighted by Crippen LogP contribution is -2.50. The maximum Gasteiger partial charge on any atom is 0.237 e. The van der Waals surface area contributed by atoms with E-state index in [2.05, 4.69) is 5.32 Å². The zero-order chi connectivity index (χ0) is 14.0. The zero-order valence-electron chi connectivity index (χ0n) is 11.2. The highest BCUT2D eigenvalue weighted by Gasteiger charge is 2.47. The molecule has 0 radical (unpaired) electrons. The highest BCUT2D eigenvalue weighted by atomic mass is 32.1. The van der Waals surface area contributed by atoms with Crippen molar-refractivity contribution in [2.24, 2.45) is 11.1 Å². The van der Waals surface area contributed by atoms with E-state index < -0.39 is 5.41 Å². The van der Waals surface area contributed by atoms with Crippen LogP contribution in [0.15, 0.2) is 18.2 Å². The molecule has 1 saturated carbocycles. The number of nitrogens with two attached hydrogens (primary N) is 1. The van der Waals surface area contributed by atoms with E-state index in [1.165, 1.54) is 0 Å². The van der Waals surface area contributed by atoms with Gasteiger partial charge >= 0.3 is 0 Å². The van der Waals surface area contributed by atoms with Crippen LogP contribution in [0.25, 0.3) is 0 Å². The minimum atomic E-state index is -0.651. The van der Waals surface area contributed by atoms with E-state index in [1.54, 1.807) is 7.11 Å². The zero-order valence-corrected chi connectivity index (χ0v) is 12.0. The normalized spacial score (nSPS) is 16.3. The topological polar surface area (TPSA) is 64.3 Å². The Morgan fingerprint density at radius 1 is 1.47 bits per heavy atom. The molecule has 0 aliphatic heterocycles. The van der Waals surface area contributed by atoms with E-state index in [1.807, 2.05) is 25.1 Å². The van der Waals surface area contributed by atoms with Gasteiger partial charge in [0.15, 0.2) is 0 Å². The molecule has 3 N–H and O–H groups in total. The minimum absolute atomic E-state index is 0.0977. The number of hydrogen-bond donors (Lipinski definition) is 2. The maximum absolute atomic E-state index is 12.4. The molecule has 5 heteroatoms. The number of anilines is 1. The molecule has 0 spiro atoms. The third-order valence-corrected chi connectivity index (χ3v) is 4.19. The van der Waals surface area contributed by atoms with Crippen LogP contribution < -0.4 is 15.8 Å². The third kappa shape index (κ3) is 2.42. The maximum atomic E-state index is 12.4.